The predicted molar refractivity (Wildman–Crippen MR) is 63.8 cm³/mol. The van der Waals surface area contributed by atoms with Crippen molar-refractivity contribution in [1.82, 2.24) is 10.3 Å². The lowest BCUT2D eigenvalue weighted by Gasteiger charge is -2.29. The maximum Gasteiger partial charge on any atom is 0.192 e. The third-order valence-corrected chi connectivity index (χ3v) is 2.96. The number of hydrogen-bond acceptors (Lipinski definition) is 4. The van der Waals surface area contributed by atoms with Gasteiger partial charge in [0.2, 0.25) is 0 Å². The van der Waals surface area contributed by atoms with E-state index < -0.39 is 0 Å². The van der Waals surface area contributed by atoms with Gasteiger partial charge in [-0.1, -0.05) is 6.07 Å². The number of anilines is 1. The molecule has 1 aliphatic rings. The predicted octanol–water partition coefficient (Wildman–Crippen LogP) is 1.55. The van der Waals surface area contributed by atoms with Crippen LogP contribution in [0, 0.1) is 6.92 Å². The number of rotatable bonds is 1. The third kappa shape index (κ3) is 1.55. The lowest BCUT2D eigenvalue weighted by atomic mass is 10.2. The number of benzene rings is 1. The number of oxazole rings is 1. The number of para-hydroxylation sites is 1. The van der Waals surface area contributed by atoms with Crippen LogP contribution in [0.4, 0.5) is 5.69 Å². The summed E-state index contributed by atoms with van der Waals surface area (Å²) in [4.78, 5) is 6.82. The molecule has 4 nitrogen and oxygen atoms in total. The Morgan fingerprint density at radius 1 is 1.31 bits per heavy atom. The maximum atomic E-state index is 5.55. The molecule has 0 spiro atoms. The maximum absolute atomic E-state index is 5.55. The van der Waals surface area contributed by atoms with Crippen LogP contribution in [0.25, 0.3) is 11.1 Å². The first kappa shape index (κ1) is 9.66. The molecule has 1 aliphatic heterocycles. The molecule has 84 valence electrons. The van der Waals surface area contributed by atoms with Crippen molar-refractivity contribution < 1.29 is 4.42 Å². The number of nitrogens with zero attached hydrogens (tertiary/aromatic N) is 2. The number of piperazine rings is 1. The van der Waals surface area contributed by atoms with Crippen molar-refractivity contribution in [3.63, 3.8) is 0 Å². The molecule has 3 rings (SSSR count). The van der Waals surface area contributed by atoms with Crippen molar-refractivity contribution in [3.05, 3.63) is 24.1 Å². The average Bonchev–Trinajstić information content (AvgIpc) is 2.70. The molecule has 0 atom stereocenters. The lowest BCUT2D eigenvalue weighted by molar-refractivity contribution is 0.561. The smallest absolute Gasteiger partial charge is 0.192 e. The molecule has 1 saturated heterocycles. The van der Waals surface area contributed by atoms with Gasteiger partial charge in [-0.3, -0.25) is 0 Å². The SMILES string of the molecule is Cc1nc2c(N3CCNCC3)cccc2o1. The molecule has 2 aromatic rings. The van der Waals surface area contributed by atoms with Crippen molar-refractivity contribution in [2.24, 2.45) is 0 Å². The van der Waals surface area contributed by atoms with Crippen LogP contribution >= 0.6 is 0 Å². The molecule has 0 saturated carbocycles. The quantitative estimate of drug-likeness (QED) is 0.786. The Morgan fingerprint density at radius 2 is 2.12 bits per heavy atom. The van der Waals surface area contributed by atoms with Gasteiger partial charge < -0.3 is 14.6 Å². The van der Waals surface area contributed by atoms with Gasteiger partial charge >= 0.3 is 0 Å². The number of nitrogens with one attached hydrogen (secondary N) is 1. The van der Waals surface area contributed by atoms with E-state index in [-0.39, 0.29) is 0 Å². The van der Waals surface area contributed by atoms with Gasteiger partial charge in [0.15, 0.2) is 11.5 Å². The van der Waals surface area contributed by atoms with Gasteiger partial charge in [0.1, 0.15) is 5.52 Å². The van der Waals surface area contributed by atoms with Crippen LogP contribution < -0.4 is 10.2 Å². The number of aromatic nitrogens is 1. The van der Waals surface area contributed by atoms with Crippen molar-refractivity contribution in [2.45, 2.75) is 6.92 Å². The summed E-state index contributed by atoms with van der Waals surface area (Å²) in [5.41, 5.74) is 3.06. The van der Waals surface area contributed by atoms with Gasteiger partial charge in [-0.2, -0.15) is 0 Å². The number of fused-ring (bicyclic) bond motifs is 1. The van der Waals surface area contributed by atoms with Crippen LogP contribution in [0.15, 0.2) is 22.6 Å². The summed E-state index contributed by atoms with van der Waals surface area (Å²) < 4.78 is 5.55. The first-order valence-corrected chi connectivity index (χ1v) is 5.66. The van der Waals surface area contributed by atoms with Gasteiger partial charge in [-0.15, -0.1) is 0 Å². The van der Waals surface area contributed by atoms with Crippen molar-refractivity contribution in [1.29, 1.82) is 0 Å². The molecule has 0 bridgehead atoms. The minimum atomic E-state index is 0.734. The van der Waals surface area contributed by atoms with Gasteiger partial charge in [0.25, 0.3) is 0 Å². The van der Waals surface area contributed by atoms with E-state index in [2.05, 4.69) is 21.3 Å². The molecule has 0 radical (unpaired) electrons. The fourth-order valence-electron chi connectivity index (χ4n) is 2.21. The van der Waals surface area contributed by atoms with E-state index in [0.29, 0.717) is 0 Å². The average molecular weight is 217 g/mol. The summed E-state index contributed by atoms with van der Waals surface area (Å²) in [5, 5.41) is 3.35. The van der Waals surface area contributed by atoms with E-state index in [0.717, 1.165) is 43.2 Å². The Hall–Kier alpha value is -1.55. The molecular formula is C12H15N3O. The van der Waals surface area contributed by atoms with Gasteiger partial charge in [-0.25, -0.2) is 4.98 Å². The van der Waals surface area contributed by atoms with Crippen LogP contribution in [0.5, 0.6) is 0 Å². The fraction of sp³-hybridized carbons (Fsp3) is 0.417. The van der Waals surface area contributed by atoms with E-state index in [4.69, 9.17) is 4.42 Å². The van der Waals surface area contributed by atoms with E-state index in [1.807, 2.05) is 19.1 Å². The second-order valence-electron chi connectivity index (χ2n) is 4.09. The summed E-state index contributed by atoms with van der Waals surface area (Å²) in [6.07, 6.45) is 0. The van der Waals surface area contributed by atoms with Crippen molar-refractivity contribution in [2.75, 3.05) is 31.1 Å². The fourth-order valence-corrected chi connectivity index (χ4v) is 2.21. The van der Waals surface area contributed by atoms with Crippen molar-refractivity contribution in [3.8, 4) is 0 Å². The zero-order valence-corrected chi connectivity index (χ0v) is 9.36. The lowest BCUT2D eigenvalue weighted by Crippen LogP contribution is -2.43. The minimum absolute atomic E-state index is 0.734. The van der Waals surface area contributed by atoms with Crippen LogP contribution in [0.1, 0.15) is 5.89 Å². The zero-order valence-electron chi connectivity index (χ0n) is 9.36. The van der Waals surface area contributed by atoms with Crippen molar-refractivity contribution >= 4 is 16.8 Å². The highest BCUT2D eigenvalue weighted by Crippen LogP contribution is 2.26. The minimum Gasteiger partial charge on any atom is -0.441 e. The third-order valence-electron chi connectivity index (χ3n) is 2.96. The van der Waals surface area contributed by atoms with E-state index >= 15 is 0 Å². The largest absolute Gasteiger partial charge is 0.441 e. The Balaban J connectivity index is 2.07. The summed E-state index contributed by atoms with van der Waals surface area (Å²) in [7, 11) is 0. The summed E-state index contributed by atoms with van der Waals surface area (Å²) in [6.45, 7) is 6.03. The van der Waals surface area contributed by atoms with Crippen LogP contribution in [-0.2, 0) is 0 Å². The van der Waals surface area contributed by atoms with E-state index in [1.54, 1.807) is 0 Å². The molecule has 0 unspecified atom stereocenters. The molecule has 1 aromatic carbocycles. The first-order valence-electron chi connectivity index (χ1n) is 5.66. The Bertz CT molecular complexity index is 500. The molecule has 1 N–H and O–H groups in total. The Morgan fingerprint density at radius 3 is 2.94 bits per heavy atom. The normalized spacial score (nSPS) is 16.9. The van der Waals surface area contributed by atoms with Gasteiger partial charge in [-0.05, 0) is 12.1 Å². The standard InChI is InChI=1S/C12H15N3O/c1-9-14-12-10(3-2-4-11(12)16-9)15-7-5-13-6-8-15/h2-4,13H,5-8H2,1H3. The number of aryl methyl sites for hydroxylation is 1. The van der Waals surface area contributed by atoms with E-state index in [9.17, 15) is 0 Å². The number of hydrogen-bond donors (Lipinski definition) is 1. The Labute approximate surface area is 94.3 Å². The zero-order chi connectivity index (χ0) is 11.0. The molecule has 4 heteroatoms. The molecule has 0 aliphatic carbocycles. The van der Waals surface area contributed by atoms with Crippen LogP contribution in [0.2, 0.25) is 0 Å². The summed E-state index contributed by atoms with van der Waals surface area (Å²) >= 11 is 0. The highest BCUT2D eigenvalue weighted by molar-refractivity contribution is 5.87. The second-order valence-corrected chi connectivity index (χ2v) is 4.09. The van der Waals surface area contributed by atoms with E-state index in [1.165, 1.54) is 5.69 Å². The second kappa shape index (κ2) is 3.79. The van der Waals surface area contributed by atoms with Gasteiger partial charge in [0.05, 0.1) is 5.69 Å². The molecule has 1 fully saturated rings. The molecule has 2 heterocycles. The highest BCUT2D eigenvalue weighted by Gasteiger charge is 2.15. The van der Waals surface area contributed by atoms with Gasteiger partial charge in [0, 0.05) is 33.1 Å². The molecule has 0 amide bonds. The highest BCUT2D eigenvalue weighted by atomic mass is 16.3. The first-order chi connectivity index (χ1) is 7.84. The monoisotopic (exact) mass is 217 g/mol. The molecule has 16 heavy (non-hydrogen) atoms. The van der Waals surface area contributed by atoms with Crippen LogP contribution in [-0.4, -0.2) is 31.2 Å². The summed E-state index contributed by atoms with van der Waals surface area (Å²) in [6, 6.07) is 6.13. The topological polar surface area (TPSA) is 41.3 Å². The molecule has 1 aromatic heterocycles. The molecular weight excluding hydrogens is 202 g/mol. The van der Waals surface area contributed by atoms with Crippen LogP contribution in [0.3, 0.4) is 0 Å². The Kier molecular flexibility index (Phi) is 2.29. The summed E-state index contributed by atoms with van der Waals surface area (Å²) in [5.74, 6) is 0.734.